The summed E-state index contributed by atoms with van der Waals surface area (Å²) in [5.41, 5.74) is 2.62. The number of rotatable bonds is 5. The van der Waals surface area contributed by atoms with Gasteiger partial charge in [0.25, 0.3) is 0 Å². The minimum absolute atomic E-state index is 0.237. The van der Waals surface area contributed by atoms with Gasteiger partial charge in [-0.2, -0.15) is 0 Å². The molecular weight excluding hydrogens is 260 g/mol. The molecule has 0 radical (unpaired) electrons. The molecule has 0 saturated carbocycles. The molecule has 3 saturated heterocycles. The quantitative estimate of drug-likeness (QED) is 0.902. The number of carbonyl (C=O) groups is 1. The highest BCUT2D eigenvalue weighted by atomic mass is 16.1. The minimum Gasteiger partial charge on any atom is -0.352 e. The van der Waals surface area contributed by atoms with E-state index in [1.165, 1.54) is 37.1 Å². The fourth-order valence-electron chi connectivity index (χ4n) is 3.62. The van der Waals surface area contributed by atoms with Gasteiger partial charge in [0.05, 0.1) is 0 Å². The van der Waals surface area contributed by atoms with E-state index in [1.54, 1.807) is 0 Å². The Bertz CT molecular complexity index is 474. The van der Waals surface area contributed by atoms with Crippen LogP contribution >= 0.6 is 0 Å². The Hall–Kier alpha value is -1.35. The maximum Gasteiger partial charge on any atom is 0.220 e. The summed E-state index contributed by atoms with van der Waals surface area (Å²) >= 11 is 0. The largest absolute Gasteiger partial charge is 0.352 e. The Kier molecular flexibility index (Phi) is 4.59. The first-order chi connectivity index (χ1) is 10.2. The van der Waals surface area contributed by atoms with Crippen molar-refractivity contribution in [1.82, 2.24) is 10.2 Å². The van der Waals surface area contributed by atoms with Crippen molar-refractivity contribution in [3.63, 3.8) is 0 Å². The first-order valence-electron chi connectivity index (χ1n) is 8.28. The van der Waals surface area contributed by atoms with Crippen LogP contribution in [0.15, 0.2) is 24.3 Å². The first kappa shape index (κ1) is 14.6. The summed E-state index contributed by atoms with van der Waals surface area (Å²) < 4.78 is 0. The Morgan fingerprint density at radius 2 is 1.95 bits per heavy atom. The number of hydrogen-bond acceptors (Lipinski definition) is 2. The average molecular weight is 286 g/mol. The predicted octanol–water partition coefficient (Wildman–Crippen LogP) is 2.53. The Morgan fingerprint density at radius 3 is 2.57 bits per heavy atom. The summed E-state index contributed by atoms with van der Waals surface area (Å²) in [6.07, 6.45) is 5.10. The van der Waals surface area contributed by atoms with E-state index in [0.717, 1.165) is 25.3 Å². The molecule has 1 aromatic carbocycles. The van der Waals surface area contributed by atoms with Gasteiger partial charge >= 0.3 is 0 Å². The molecule has 3 aliphatic rings. The smallest absolute Gasteiger partial charge is 0.220 e. The summed E-state index contributed by atoms with van der Waals surface area (Å²) in [4.78, 5) is 14.6. The molecule has 1 aromatic rings. The molecule has 1 amide bonds. The van der Waals surface area contributed by atoms with Crippen LogP contribution in [0, 0.1) is 12.8 Å². The molecule has 3 heteroatoms. The molecule has 3 heterocycles. The number of hydrogen-bond donors (Lipinski definition) is 1. The van der Waals surface area contributed by atoms with Crippen LogP contribution in [0.2, 0.25) is 0 Å². The molecule has 3 fully saturated rings. The third-order valence-electron chi connectivity index (χ3n) is 4.99. The lowest BCUT2D eigenvalue weighted by Gasteiger charge is -2.44. The molecule has 21 heavy (non-hydrogen) atoms. The standard InChI is InChI=1S/C18H26N2O/c1-14-5-7-15(8-6-14)3-2-4-18(21)19-17-13-20-11-9-16(17)10-12-20/h5-8,16-17H,2-4,9-13H2,1H3,(H,19,21). The van der Waals surface area contributed by atoms with E-state index < -0.39 is 0 Å². The average Bonchev–Trinajstić information content (AvgIpc) is 2.50. The molecular formula is C18H26N2O. The Labute approximate surface area is 127 Å². The number of piperidine rings is 3. The van der Waals surface area contributed by atoms with Crippen LogP contribution in [0.4, 0.5) is 0 Å². The van der Waals surface area contributed by atoms with E-state index in [0.29, 0.717) is 12.5 Å². The van der Waals surface area contributed by atoms with Crippen LogP contribution in [0.5, 0.6) is 0 Å². The lowest BCUT2D eigenvalue weighted by Crippen LogP contribution is -2.57. The summed E-state index contributed by atoms with van der Waals surface area (Å²) in [6, 6.07) is 9.02. The normalized spacial score (nSPS) is 27.6. The lowest BCUT2D eigenvalue weighted by atomic mass is 9.84. The molecule has 3 aliphatic heterocycles. The third-order valence-corrected chi connectivity index (χ3v) is 4.99. The Balaban J connectivity index is 1.39. The van der Waals surface area contributed by atoms with Crippen LogP contribution in [0.3, 0.4) is 0 Å². The summed E-state index contributed by atoms with van der Waals surface area (Å²) in [5, 5.41) is 3.27. The van der Waals surface area contributed by atoms with E-state index in [2.05, 4.69) is 41.4 Å². The van der Waals surface area contributed by atoms with Gasteiger partial charge in [-0.25, -0.2) is 0 Å². The van der Waals surface area contributed by atoms with E-state index >= 15 is 0 Å². The van der Waals surface area contributed by atoms with Gasteiger partial charge < -0.3 is 10.2 Å². The van der Waals surface area contributed by atoms with Crippen molar-refractivity contribution in [3.05, 3.63) is 35.4 Å². The van der Waals surface area contributed by atoms with E-state index in [4.69, 9.17) is 0 Å². The summed E-state index contributed by atoms with van der Waals surface area (Å²) in [7, 11) is 0. The fraction of sp³-hybridized carbons (Fsp3) is 0.611. The highest BCUT2D eigenvalue weighted by Gasteiger charge is 2.34. The third kappa shape index (κ3) is 3.85. The number of nitrogens with zero attached hydrogens (tertiary/aromatic N) is 1. The van der Waals surface area contributed by atoms with Gasteiger partial charge in [-0.15, -0.1) is 0 Å². The van der Waals surface area contributed by atoms with Crippen LogP contribution in [0.25, 0.3) is 0 Å². The van der Waals surface area contributed by atoms with Crippen molar-refractivity contribution < 1.29 is 4.79 Å². The highest BCUT2D eigenvalue weighted by Crippen LogP contribution is 2.27. The molecule has 0 spiro atoms. The lowest BCUT2D eigenvalue weighted by molar-refractivity contribution is -0.123. The van der Waals surface area contributed by atoms with Gasteiger partial charge in [-0.05, 0) is 57.2 Å². The maximum absolute atomic E-state index is 12.1. The van der Waals surface area contributed by atoms with Gasteiger partial charge in [0.15, 0.2) is 0 Å². The molecule has 4 rings (SSSR count). The zero-order chi connectivity index (χ0) is 14.7. The number of nitrogens with one attached hydrogen (secondary N) is 1. The van der Waals surface area contributed by atoms with Crippen LogP contribution in [-0.2, 0) is 11.2 Å². The Morgan fingerprint density at radius 1 is 1.24 bits per heavy atom. The van der Waals surface area contributed by atoms with E-state index in [1.807, 2.05) is 0 Å². The maximum atomic E-state index is 12.1. The second kappa shape index (κ2) is 6.61. The zero-order valence-corrected chi connectivity index (χ0v) is 13.0. The van der Waals surface area contributed by atoms with E-state index in [9.17, 15) is 4.79 Å². The minimum atomic E-state index is 0.237. The number of fused-ring (bicyclic) bond motifs is 3. The summed E-state index contributed by atoms with van der Waals surface area (Å²) in [6.45, 7) is 5.62. The van der Waals surface area contributed by atoms with Crippen LogP contribution in [0.1, 0.15) is 36.8 Å². The van der Waals surface area contributed by atoms with Crippen molar-refractivity contribution in [1.29, 1.82) is 0 Å². The number of aryl methyl sites for hydroxylation is 2. The molecule has 114 valence electrons. The van der Waals surface area contributed by atoms with Crippen molar-refractivity contribution in [2.75, 3.05) is 19.6 Å². The van der Waals surface area contributed by atoms with Gasteiger partial charge in [-0.1, -0.05) is 29.8 Å². The molecule has 2 bridgehead atoms. The topological polar surface area (TPSA) is 32.3 Å². The highest BCUT2D eigenvalue weighted by molar-refractivity contribution is 5.76. The van der Waals surface area contributed by atoms with E-state index in [-0.39, 0.29) is 5.91 Å². The van der Waals surface area contributed by atoms with Gasteiger partial charge in [-0.3, -0.25) is 4.79 Å². The molecule has 1 atom stereocenters. The molecule has 0 aromatic heterocycles. The fourth-order valence-corrected chi connectivity index (χ4v) is 3.62. The van der Waals surface area contributed by atoms with Gasteiger partial charge in [0, 0.05) is 19.0 Å². The van der Waals surface area contributed by atoms with Crippen LogP contribution in [-0.4, -0.2) is 36.5 Å². The summed E-state index contributed by atoms with van der Waals surface area (Å²) in [5.74, 6) is 0.955. The number of amides is 1. The second-order valence-corrected chi connectivity index (χ2v) is 6.65. The number of carbonyl (C=O) groups excluding carboxylic acids is 1. The van der Waals surface area contributed by atoms with Crippen molar-refractivity contribution in [3.8, 4) is 0 Å². The van der Waals surface area contributed by atoms with Gasteiger partial charge in [0.1, 0.15) is 0 Å². The van der Waals surface area contributed by atoms with Gasteiger partial charge in [0.2, 0.25) is 5.91 Å². The molecule has 3 nitrogen and oxygen atoms in total. The molecule has 1 unspecified atom stereocenters. The van der Waals surface area contributed by atoms with Crippen LogP contribution < -0.4 is 5.32 Å². The van der Waals surface area contributed by atoms with Crippen molar-refractivity contribution in [2.24, 2.45) is 5.92 Å². The monoisotopic (exact) mass is 286 g/mol. The van der Waals surface area contributed by atoms with Crippen molar-refractivity contribution >= 4 is 5.91 Å². The number of benzene rings is 1. The molecule has 1 N–H and O–H groups in total. The SMILES string of the molecule is Cc1ccc(CCCC(=O)NC2CN3CCC2CC3)cc1. The predicted molar refractivity (Wildman–Crippen MR) is 85.2 cm³/mol. The second-order valence-electron chi connectivity index (χ2n) is 6.65. The first-order valence-corrected chi connectivity index (χ1v) is 8.28. The molecule has 0 aliphatic carbocycles. The zero-order valence-electron chi connectivity index (χ0n) is 13.0. The van der Waals surface area contributed by atoms with Crippen molar-refractivity contribution in [2.45, 2.75) is 45.1 Å².